The quantitative estimate of drug-likeness (QED) is 0.830. The molecule has 0 bridgehead atoms. The highest BCUT2D eigenvalue weighted by Crippen LogP contribution is 2.36. The highest BCUT2D eigenvalue weighted by molar-refractivity contribution is 7.09. The number of rotatable bonds is 2. The third-order valence-corrected chi connectivity index (χ3v) is 3.05. The van der Waals surface area contributed by atoms with Crippen molar-refractivity contribution in [3.63, 3.8) is 0 Å². The molecule has 2 aromatic rings. The van der Waals surface area contributed by atoms with Crippen molar-refractivity contribution in [2.45, 2.75) is 6.04 Å². The molecule has 82 valence electrons. The molecule has 3 rings (SSSR count). The van der Waals surface area contributed by atoms with Crippen LogP contribution < -0.4 is 10.1 Å². The summed E-state index contributed by atoms with van der Waals surface area (Å²) in [5.74, 6) is 0.953. The highest BCUT2D eigenvalue weighted by atomic mass is 32.1. The Labute approximate surface area is 95.9 Å². The maximum Gasteiger partial charge on any atom is 0.130 e. The van der Waals surface area contributed by atoms with Gasteiger partial charge in [-0.25, -0.2) is 0 Å². The van der Waals surface area contributed by atoms with E-state index in [1.165, 1.54) is 11.5 Å². The van der Waals surface area contributed by atoms with Crippen LogP contribution in [0.15, 0.2) is 24.4 Å². The van der Waals surface area contributed by atoms with Gasteiger partial charge in [-0.15, -0.1) is 5.10 Å². The second-order valence-corrected chi connectivity index (χ2v) is 4.30. The molecule has 2 N–H and O–H groups in total. The molecule has 16 heavy (non-hydrogen) atoms. The van der Waals surface area contributed by atoms with Gasteiger partial charge in [-0.05, 0) is 12.1 Å². The number of fused-ring (bicyclic) bond motifs is 1. The van der Waals surface area contributed by atoms with Crippen LogP contribution in [0.25, 0.3) is 0 Å². The van der Waals surface area contributed by atoms with Gasteiger partial charge in [-0.2, -0.15) is 0 Å². The molecule has 0 radical (unpaired) electrons. The van der Waals surface area contributed by atoms with E-state index < -0.39 is 0 Å². The molecule has 1 aromatic carbocycles. The van der Waals surface area contributed by atoms with Crippen molar-refractivity contribution < 1.29 is 9.84 Å². The maximum atomic E-state index is 9.32. The van der Waals surface area contributed by atoms with Gasteiger partial charge in [-0.3, -0.25) is 0 Å². The minimum atomic E-state index is 0.0952. The van der Waals surface area contributed by atoms with E-state index in [1.54, 1.807) is 18.3 Å². The van der Waals surface area contributed by atoms with E-state index in [2.05, 4.69) is 14.9 Å². The minimum absolute atomic E-state index is 0.0952. The first-order chi connectivity index (χ1) is 7.83. The van der Waals surface area contributed by atoms with Crippen LogP contribution in [0.3, 0.4) is 0 Å². The molecule has 0 saturated carbocycles. The van der Waals surface area contributed by atoms with Gasteiger partial charge in [0.1, 0.15) is 23.1 Å². The van der Waals surface area contributed by atoms with E-state index in [0.29, 0.717) is 6.61 Å². The van der Waals surface area contributed by atoms with Crippen LogP contribution in [-0.2, 0) is 0 Å². The minimum Gasteiger partial charge on any atom is -0.508 e. The molecule has 1 aromatic heterocycles. The van der Waals surface area contributed by atoms with Crippen LogP contribution >= 0.6 is 11.5 Å². The lowest BCUT2D eigenvalue weighted by atomic mass is 10.1. The predicted octanol–water partition coefficient (Wildman–Crippen LogP) is 1.79. The topological polar surface area (TPSA) is 67.3 Å². The lowest BCUT2D eigenvalue weighted by molar-refractivity contribution is 0.338. The summed E-state index contributed by atoms with van der Waals surface area (Å²) < 4.78 is 9.26. The van der Waals surface area contributed by atoms with E-state index in [1.807, 2.05) is 6.07 Å². The number of phenols is 1. The summed E-state index contributed by atoms with van der Waals surface area (Å²) in [5, 5.41) is 17.3. The van der Waals surface area contributed by atoms with Gasteiger partial charge in [-0.1, -0.05) is 4.49 Å². The zero-order valence-corrected chi connectivity index (χ0v) is 9.07. The summed E-state index contributed by atoms with van der Waals surface area (Å²) in [6.45, 7) is 0.552. The SMILES string of the molecule is Oc1ccc2c(c1)OCC2Nc1cnns1. The third kappa shape index (κ3) is 1.57. The Hall–Kier alpha value is -1.82. The van der Waals surface area contributed by atoms with Crippen molar-refractivity contribution in [3.8, 4) is 11.5 Å². The Kier molecular flexibility index (Phi) is 2.14. The summed E-state index contributed by atoms with van der Waals surface area (Å²) in [5.41, 5.74) is 1.05. The van der Waals surface area contributed by atoms with E-state index in [9.17, 15) is 5.11 Å². The van der Waals surface area contributed by atoms with Crippen LogP contribution in [-0.4, -0.2) is 21.3 Å². The summed E-state index contributed by atoms with van der Waals surface area (Å²) in [7, 11) is 0. The van der Waals surface area contributed by atoms with Crippen LogP contribution in [0.4, 0.5) is 5.00 Å². The summed E-state index contributed by atoms with van der Waals surface area (Å²) in [6.07, 6.45) is 1.68. The van der Waals surface area contributed by atoms with Crippen LogP contribution in [0.2, 0.25) is 0 Å². The van der Waals surface area contributed by atoms with Gasteiger partial charge in [0.25, 0.3) is 0 Å². The van der Waals surface area contributed by atoms with Crippen molar-refractivity contribution in [2.75, 3.05) is 11.9 Å². The molecule has 1 aliphatic heterocycles. The van der Waals surface area contributed by atoms with Crippen LogP contribution in [0.5, 0.6) is 11.5 Å². The Balaban J connectivity index is 1.86. The van der Waals surface area contributed by atoms with Gasteiger partial charge in [0.15, 0.2) is 0 Å². The van der Waals surface area contributed by atoms with Crippen molar-refractivity contribution in [2.24, 2.45) is 0 Å². The molecule has 6 heteroatoms. The lowest BCUT2D eigenvalue weighted by Crippen LogP contribution is -2.10. The van der Waals surface area contributed by atoms with E-state index in [-0.39, 0.29) is 11.8 Å². The standard InChI is InChI=1S/C10H9N3O2S/c14-6-1-2-7-8(5-15-9(7)3-6)12-10-4-11-13-16-10/h1-4,8,12,14H,5H2. The summed E-state index contributed by atoms with van der Waals surface area (Å²) in [6, 6.07) is 5.25. The number of hydrogen-bond acceptors (Lipinski definition) is 6. The van der Waals surface area contributed by atoms with Gasteiger partial charge in [0.2, 0.25) is 0 Å². The van der Waals surface area contributed by atoms with Crippen LogP contribution in [0, 0.1) is 0 Å². The Morgan fingerprint density at radius 1 is 1.50 bits per heavy atom. The Bertz CT molecular complexity index is 501. The number of aromatic nitrogens is 2. The normalized spacial score (nSPS) is 17.9. The molecule has 0 fully saturated rings. The largest absolute Gasteiger partial charge is 0.508 e. The number of benzene rings is 1. The van der Waals surface area contributed by atoms with Crippen molar-refractivity contribution in [3.05, 3.63) is 30.0 Å². The molecular formula is C10H9N3O2S. The molecule has 5 nitrogen and oxygen atoms in total. The number of anilines is 1. The first-order valence-corrected chi connectivity index (χ1v) is 5.60. The monoisotopic (exact) mass is 235 g/mol. The van der Waals surface area contributed by atoms with Gasteiger partial charge < -0.3 is 15.2 Å². The molecule has 0 saturated heterocycles. The van der Waals surface area contributed by atoms with Gasteiger partial charge in [0, 0.05) is 23.2 Å². The molecule has 0 spiro atoms. The van der Waals surface area contributed by atoms with E-state index >= 15 is 0 Å². The summed E-state index contributed by atoms with van der Waals surface area (Å²) >= 11 is 1.31. The maximum absolute atomic E-state index is 9.32. The zero-order chi connectivity index (χ0) is 11.0. The Morgan fingerprint density at radius 3 is 3.25 bits per heavy atom. The number of nitrogens with one attached hydrogen (secondary N) is 1. The average molecular weight is 235 g/mol. The number of nitrogens with zero attached hydrogens (tertiary/aromatic N) is 2. The number of ether oxygens (including phenoxy) is 1. The molecular weight excluding hydrogens is 226 g/mol. The molecule has 2 heterocycles. The first kappa shape index (κ1) is 9.41. The zero-order valence-electron chi connectivity index (χ0n) is 8.25. The number of phenolic OH excluding ortho intramolecular Hbond substituents is 1. The fraction of sp³-hybridized carbons (Fsp3) is 0.200. The Morgan fingerprint density at radius 2 is 2.44 bits per heavy atom. The van der Waals surface area contributed by atoms with E-state index in [4.69, 9.17) is 4.74 Å². The van der Waals surface area contributed by atoms with E-state index in [0.717, 1.165) is 16.3 Å². The lowest BCUT2D eigenvalue weighted by Gasteiger charge is -2.09. The smallest absolute Gasteiger partial charge is 0.130 e. The van der Waals surface area contributed by atoms with Crippen molar-refractivity contribution in [1.82, 2.24) is 9.59 Å². The fourth-order valence-corrected chi connectivity index (χ4v) is 2.19. The second kappa shape index (κ2) is 3.64. The van der Waals surface area contributed by atoms with Crippen molar-refractivity contribution in [1.29, 1.82) is 0 Å². The predicted molar refractivity (Wildman–Crippen MR) is 59.9 cm³/mol. The molecule has 1 atom stereocenters. The summed E-state index contributed by atoms with van der Waals surface area (Å²) in [4.78, 5) is 0. The molecule has 0 aliphatic carbocycles. The highest BCUT2D eigenvalue weighted by Gasteiger charge is 2.24. The van der Waals surface area contributed by atoms with Crippen molar-refractivity contribution >= 4 is 16.5 Å². The molecule has 1 unspecified atom stereocenters. The number of aromatic hydroxyl groups is 1. The number of hydrogen-bond donors (Lipinski definition) is 2. The fourth-order valence-electron chi connectivity index (χ4n) is 1.72. The first-order valence-electron chi connectivity index (χ1n) is 4.82. The molecule has 0 amide bonds. The van der Waals surface area contributed by atoms with Gasteiger partial charge >= 0.3 is 0 Å². The second-order valence-electron chi connectivity index (χ2n) is 3.51. The third-order valence-electron chi connectivity index (χ3n) is 2.46. The average Bonchev–Trinajstić information content (AvgIpc) is 2.89. The van der Waals surface area contributed by atoms with Crippen LogP contribution in [0.1, 0.15) is 11.6 Å². The van der Waals surface area contributed by atoms with Gasteiger partial charge in [0.05, 0.1) is 12.2 Å². The molecule has 1 aliphatic rings.